The lowest BCUT2D eigenvalue weighted by molar-refractivity contribution is 0.171. The van der Waals surface area contributed by atoms with Gasteiger partial charge >= 0.3 is 0 Å². The van der Waals surface area contributed by atoms with Crippen LogP contribution in [0.15, 0.2) is 51.5 Å². The molecule has 5 heteroatoms. The summed E-state index contributed by atoms with van der Waals surface area (Å²) in [6.07, 6.45) is 6.33. The van der Waals surface area contributed by atoms with Crippen molar-refractivity contribution in [2.75, 3.05) is 13.1 Å². The van der Waals surface area contributed by atoms with E-state index < -0.39 is 0 Å². The van der Waals surface area contributed by atoms with Crippen molar-refractivity contribution in [2.24, 2.45) is 5.92 Å². The highest BCUT2D eigenvalue weighted by Gasteiger charge is 2.20. The van der Waals surface area contributed by atoms with Gasteiger partial charge in [0, 0.05) is 29.7 Å². The molecular weight excluding hydrogens is 378 g/mol. The molecule has 130 valence electrons. The molecule has 1 saturated heterocycles. The van der Waals surface area contributed by atoms with Crippen LogP contribution in [0, 0.1) is 5.92 Å². The molecule has 0 spiro atoms. The second-order valence-electron chi connectivity index (χ2n) is 6.83. The Morgan fingerprint density at radius 2 is 1.96 bits per heavy atom. The zero-order valence-electron chi connectivity index (χ0n) is 14.2. The molecule has 2 aromatic heterocycles. The van der Waals surface area contributed by atoms with E-state index >= 15 is 0 Å². The number of fused-ring (bicyclic) bond motifs is 1. The first-order valence-electron chi connectivity index (χ1n) is 8.93. The van der Waals surface area contributed by atoms with Gasteiger partial charge < -0.3 is 4.42 Å². The predicted molar refractivity (Wildman–Crippen MR) is 102 cm³/mol. The standard InChI is InChI=1S/C20H22BrN3O/c21-17-12-18-20(22-13-17)23-19(25-18)7-6-15-8-10-24(11-9-15)14-16-4-2-1-3-5-16/h1-5,12-13,15H,6-11,14H2. The van der Waals surface area contributed by atoms with Gasteiger partial charge in [-0.2, -0.15) is 4.98 Å². The molecule has 1 aromatic carbocycles. The van der Waals surface area contributed by atoms with Crippen molar-refractivity contribution < 1.29 is 4.42 Å². The molecule has 0 saturated carbocycles. The molecule has 0 amide bonds. The third kappa shape index (κ3) is 4.28. The highest BCUT2D eigenvalue weighted by molar-refractivity contribution is 9.10. The molecule has 3 heterocycles. The van der Waals surface area contributed by atoms with E-state index in [1.54, 1.807) is 6.20 Å². The topological polar surface area (TPSA) is 42.2 Å². The molecule has 4 rings (SSSR count). The fourth-order valence-corrected chi connectivity index (χ4v) is 3.86. The minimum atomic E-state index is 0.705. The second kappa shape index (κ2) is 7.67. The maximum Gasteiger partial charge on any atom is 0.198 e. The van der Waals surface area contributed by atoms with Crippen LogP contribution in [0.2, 0.25) is 0 Å². The summed E-state index contributed by atoms with van der Waals surface area (Å²) in [5.41, 5.74) is 2.88. The Morgan fingerprint density at radius 3 is 2.76 bits per heavy atom. The van der Waals surface area contributed by atoms with Gasteiger partial charge in [0.1, 0.15) is 0 Å². The van der Waals surface area contributed by atoms with E-state index in [-0.39, 0.29) is 0 Å². The van der Waals surface area contributed by atoms with E-state index in [0.717, 1.165) is 41.3 Å². The summed E-state index contributed by atoms with van der Waals surface area (Å²) in [6, 6.07) is 12.7. The van der Waals surface area contributed by atoms with Crippen molar-refractivity contribution in [1.82, 2.24) is 14.9 Å². The lowest BCUT2D eigenvalue weighted by Gasteiger charge is -2.31. The molecule has 1 aliphatic heterocycles. The highest BCUT2D eigenvalue weighted by Crippen LogP contribution is 2.25. The Balaban J connectivity index is 1.27. The summed E-state index contributed by atoms with van der Waals surface area (Å²) in [5, 5.41) is 0. The number of halogens is 1. The molecule has 0 atom stereocenters. The van der Waals surface area contributed by atoms with Gasteiger partial charge in [-0.1, -0.05) is 30.3 Å². The maximum atomic E-state index is 5.83. The minimum absolute atomic E-state index is 0.705. The van der Waals surface area contributed by atoms with E-state index in [4.69, 9.17) is 4.42 Å². The zero-order valence-corrected chi connectivity index (χ0v) is 15.8. The second-order valence-corrected chi connectivity index (χ2v) is 7.74. The van der Waals surface area contributed by atoms with Gasteiger partial charge in [-0.3, -0.25) is 4.90 Å². The number of rotatable bonds is 5. The van der Waals surface area contributed by atoms with Gasteiger partial charge in [-0.05, 0) is 59.8 Å². The maximum absolute atomic E-state index is 5.83. The van der Waals surface area contributed by atoms with Crippen LogP contribution >= 0.6 is 15.9 Å². The zero-order chi connectivity index (χ0) is 17.1. The van der Waals surface area contributed by atoms with Gasteiger partial charge in [0.2, 0.25) is 0 Å². The Hall–Kier alpha value is -1.72. The highest BCUT2D eigenvalue weighted by atomic mass is 79.9. The first-order chi connectivity index (χ1) is 12.3. The summed E-state index contributed by atoms with van der Waals surface area (Å²) in [7, 11) is 0. The molecule has 4 nitrogen and oxygen atoms in total. The van der Waals surface area contributed by atoms with Crippen molar-refractivity contribution >= 4 is 27.2 Å². The van der Waals surface area contributed by atoms with Gasteiger partial charge in [-0.25, -0.2) is 4.98 Å². The van der Waals surface area contributed by atoms with E-state index in [2.05, 4.69) is 61.1 Å². The third-order valence-electron chi connectivity index (χ3n) is 4.98. The first-order valence-corrected chi connectivity index (χ1v) is 9.73. The van der Waals surface area contributed by atoms with Crippen LogP contribution < -0.4 is 0 Å². The summed E-state index contributed by atoms with van der Waals surface area (Å²) in [6.45, 7) is 3.43. The molecule has 1 fully saturated rings. The molecule has 25 heavy (non-hydrogen) atoms. The smallest absolute Gasteiger partial charge is 0.198 e. The summed E-state index contributed by atoms with van der Waals surface area (Å²) >= 11 is 3.42. The van der Waals surface area contributed by atoms with Gasteiger partial charge in [0.05, 0.1) is 0 Å². The van der Waals surface area contributed by atoms with Crippen molar-refractivity contribution in [3.63, 3.8) is 0 Å². The predicted octanol–water partition coefficient (Wildman–Crippen LogP) is 4.83. The molecular formula is C20H22BrN3O. The normalized spacial score (nSPS) is 16.5. The van der Waals surface area contributed by atoms with Gasteiger partial charge in [0.25, 0.3) is 0 Å². The average Bonchev–Trinajstić information content (AvgIpc) is 3.04. The quantitative estimate of drug-likeness (QED) is 0.615. The Kier molecular flexibility index (Phi) is 5.13. The van der Waals surface area contributed by atoms with Crippen LogP contribution in [0.4, 0.5) is 0 Å². The van der Waals surface area contributed by atoms with Crippen LogP contribution in [0.5, 0.6) is 0 Å². The molecule has 0 bridgehead atoms. The average molecular weight is 400 g/mol. The molecule has 3 aromatic rings. The molecule has 0 aliphatic carbocycles. The molecule has 0 N–H and O–H groups in total. The number of nitrogens with zero attached hydrogens (tertiary/aromatic N) is 3. The van der Waals surface area contributed by atoms with Crippen molar-refractivity contribution in [1.29, 1.82) is 0 Å². The van der Waals surface area contributed by atoms with Crippen molar-refractivity contribution in [3.8, 4) is 0 Å². The number of likely N-dealkylation sites (tertiary alicyclic amines) is 1. The third-order valence-corrected chi connectivity index (χ3v) is 5.41. The van der Waals surface area contributed by atoms with Gasteiger partial charge in [0.15, 0.2) is 17.1 Å². The summed E-state index contributed by atoms with van der Waals surface area (Å²) in [4.78, 5) is 11.3. The fourth-order valence-electron chi connectivity index (χ4n) is 3.55. The molecule has 0 unspecified atom stereocenters. The van der Waals surface area contributed by atoms with Crippen LogP contribution in [-0.2, 0) is 13.0 Å². The van der Waals surface area contributed by atoms with Crippen LogP contribution in [-0.4, -0.2) is 28.0 Å². The first kappa shape index (κ1) is 16.7. The number of aromatic nitrogens is 2. The van der Waals surface area contributed by atoms with Gasteiger partial charge in [-0.15, -0.1) is 0 Å². The Labute approximate surface area is 156 Å². The summed E-state index contributed by atoms with van der Waals surface area (Å²) < 4.78 is 6.75. The number of aryl methyl sites for hydroxylation is 1. The molecule has 0 radical (unpaired) electrons. The number of oxazole rings is 1. The number of benzene rings is 1. The van der Waals surface area contributed by atoms with Crippen LogP contribution in [0.1, 0.15) is 30.7 Å². The van der Waals surface area contributed by atoms with E-state index in [1.165, 1.54) is 31.5 Å². The molecule has 1 aliphatic rings. The van der Waals surface area contributed by atoms with Crippen molar-refractivity contribution in [2.45, 2.75) is 32.2 Å². The van der Waals surface area contributed by atoms with E-state index in [9.17, 15) is 0 Å². The van der Waals surface area contributed by atoms with E-state index in [0.29, 0.717) is 5.65 Å². The number of pyridine rings is 1. The van der Waals surface area contributed by atoms with Crippen LogP contribution in [0.25, 0.3) is 11.2 Å². The Morgan fingerprint density at radius 1 is 1.16 bits per heavy atom. The SMILES string of the molecule is Brc1cnc2nc(CCC3CCN(Cc4ccccc4)CC3)oc2c1. The lowest BCUT2D eigenvalue weighted by Crippen LogP contribution is -2.33. The largest absolute Gasteiger partial charge is 0.439 e. The fraction of sp³-hybridized carbons (Fsp3) is 0.400. The minimum Gasteiger partial charge on any atom is -0.439 e. The van der Waals surface area contributed by atoms with Crippen LogP contribution in [0.3, 0.4) is 0 Å². The van der Waals surface area contributed by atoms with Crippen molar-refractivity contribution in [3.05, 3.63) is 58.5 Å². The van der Waals surface area contributed by atoms with E-state index in [1.807, 2.05) is 6.07 Å². The Bertz CT molecular complexity index is 825. The number of piperidine rings is 1. The number of hydrogen-bond donors (Lipinski definition) is 0. The summed E-state index contributed by atoms with van der Waals surface area (Å²) in [5.74, 6) is 1.58. The lowest BCUT2D eigenvalue weighted by atomic mass is 9.92. The number of hydrogen-bond acceptors (Lipinski definition) is 4. The monoisotopic (exact) mass is 399 g/mol.